The van der Waals surface area contributed by atoms with Gasteiger partial charge in [0.2, 0.25) is 0 Å². The van der Waals surface area contributed by atoms with Crippen molar-refractivity contribution in [2.24, 2.45) is 17.8 Å². The lowest BCUT2D eigenvalue weighted by Crippen LogP contribution is -2.63. The molecule has 0 amide bonds. The largest absolute Gasteiger partial charge is 0.459 e. The second kappa shape index (κ2) is 21.4. The molecule has 15 nitrogen and oxygen atoms in total. The van der Waals surface area contributed by atoms with Gasteiger partial charge in [0.15, 0.2) is 12.1 Å². The van der Waals surface area contributed by atoms with Crippen molar-refractivity contribution in [3.8, 4) is 0 Å². The third kappa shape index (κ3) is 11.7. The third-order valence-electron chi connectivity index (χ3n) is 11.1. The number of nitrogens with zero attached hydrogens (tertiary/aromatic N) is 1. The topological polar surface area (TPSA) is 200 Å². The molecule has 3 aliphatic rings. The average molecular weight is 772 g/mol. The Kier molecular flexibility index (Phi) is 18.3. The Labute approximate surface area is 319 Å². The lowest BCUT2D eigenvalue weighted by Gasteiger charge is -2.46. The highest BCUT2D eigenvalue weighted by Crippen LogP contribution is 2.34. The molecule has 310 valence electrons. The fraction of sp³-hybridized carbons (Fsp3) is 0.821. The normalized spacial score (nSPS) is 42.1. The van der Waals surface area contributed by atoms with Crippen molar-refractivity contribution in [2.45, 2.75) is 153 Å². The lowest BCUT2D eigenvalue weighted by molar-refractivity contribution is -0.304. The molecule has 2 fully saturated rings. The molecule has 0 radical (unpaired) electrons. The van der Waals surface area contributed by atoms with Crippen LogP contribution in [0.25, 0.3) is 0 Å². The summed E-state index contributed by atoms with van der Waals surface area (Å²) in [6, 6.07) is -0.741. The minimum Gasteiger partial charge on any atom is -0.459 e. The molecule has 17 atom stereocenters. The number of rotatable bonds is 11. The van der Waals surface area contributed by atoms with E-state index >= 15 is 0 Å². The highest BCUT2D eigenvalue weighted by molar-refractivity contribution is 5.91. The van der Waals surface area contributed by atoms with Crippen LogP contribution in [-0.4, -0.2) is 164 Å². The number of carbonyl (C=O) groups excluding carboxylic acids is 3. The minimum atomic E-state index is -1.32. The van der Waals surface area contributed by atoms with Crippen LogP contribution in [0.15, 0.2) is 23.8 Å². The van der Waals surface area contributed by atoms with Crippen molar-refractivity contribution in [2.75, 3.05) is 34.9 Å². The molecule has 2 saturated heterocycles. The maximum absolute atomic E-state index is 13.5. The Hall–Kier alpha value is -2.15. The molecule has 3 heterocycles. The van der Waals surface area contributed by atoms with Crippen molar-refractivity contribution < 1.29 is 68.0 Å². The minimum absolute atomic E-state index is 0.00614. The summed E-state index contributed by atoms with van der Waals surface area (Å²) in [4.78, 5) is 40.7. The summed E-state index contributed by atoms with van der Waals surface area (Å²) in [5.74, 6) is -2.90. The Morgan fingerprint density at radius 1 is 0.889 bits per heavy atom. The van der Waals surface area contributed by atoms with Gasteiger partial charge < -0.3 is 63.3 Å². The number of ether oxygens (including phenoxy) is 7. The average Bonchev–Trinajstić information content (AvgIpc) is 3.12. The molecule has 17 unspecified atom stereocenters. The van der Waals surface area contributed by atoms with E-state index in [1.54, 1.807) is 65.8 Å². The maximum Gasteiger partial charge on any atom is 0.308 e. The highest BCUT2D eigenvalue weighted by Gasteiger charge is 2.48. The van der Waals surface area contributed by atoms with Gasteiger partial charge >= 0.3 is 5.97 Å². The van der Waals surface area contributed by atoms with Crippen LogP contribution in [0.5, 0.6) is 0 Å². The monoisotopic (exact) mass is 771 g/mol. The van der Waals surface area contributed by atoms with E-state index in [1.807, 2.05) is 6.92 Å². The van der Waals surface area contributed by atoms with Crippen LogP contribution in [0, 0.1) is 17.8 Å². The lowest BCUT2D eigenvalue weighted by atomic mass is 9.79. The summed E-state index contributed by atoms with van der Waals surface area (Å²) in [6.07, 6.45) is -6.00. The van der Waals surface area contributed by atoms with Crippen molar-refractivity contribution in [3.63, 3.8) is 0 Å². The van der Waals surface area contributed by atoms with Crippen LogP contribution in [0.2, 0.25) is 0 Å². The van der Waals surface area contributed by atoms with Gasteiger partial charge in [-0.25, -0.2) is 0 Å². The Balaban J connectivity index is 1.96. The number of methoxy groups -OCH3 is 2. The van der Waals surface area contributed by atoms with Gasteiger partial charge in [-0.3, -0.25) is 9.59 Å². The number of likely N-dealkylation sites (N-methyl/N-ethyl adjacent to an activating group) is 1. The molecule has 3 rings (SSSR count). The molecular weight excluding hydrogens is 706 g/mol. The van der Waals surface area contributed by atoms with Crippen molar-refractivity contribution in [1.29, 1.82) is 0 Å². The first-order valence-corrected chi connectivity index (χ1v) is 19.0. The number of aliphatic hydroxyl groups excluding tert-OH is 4. The Morgan fingerprint density at radius 3 is 2.13 bits per heavy atom. The quantitative estimate of drug-likeness (QED) is 0.173. The third-order valence-corrected chi connectivity index (χ3v) is 11.1. The molecule has 0 bridgehead atoms. The van der Waals surface area contributed by atoms with E-state index in [4.69, 9.17) is 33.2 Å². The van der Waals surface area contributed by atoms with Crippen molar-refractivity contribution >= 4 is 18.0 Å². The maximum atomic E-state index is 13.5. The number of esters is 1. The van der Waals surface area contributed by atoms with E-state index in [-0.39, 0.29) is 25.2 Å². The fourth-order valence-electron chi connectivity index (χ4n) is 7.75. The molecule has 15 heteroatoms. The summed E-state index contributed by atoms with van der Waals surface area (Å²) in [5.41, 5.74) is 0.656. The smallest absolute Gasteiger partial charge is 0.308 e. The van der Waals surface area contributed by atoms with Crippen LogP contribution in [0.3, 0.4) is 0 Å². The van der Waals surface area contributed by atoms with Gasteiger partial charge in [-0.05, 0) is 65.8 Å². The predicted molar refractivity (Wildman–Crippen MR) is 196 cm³/mol. The zero-order valence-electron chi connectivity index (χ0n) is 33.5. The van der Waals surface area contributed by atoms with Gasteiger partial charge in [-0.15, -0.1) is 0 Å². The van der Waals surface area contributed by atoms with E-state index in [0.717, 1.165) is 6.29 Å². The van der Waals surface area contributed by atoms with Crippen LogP contribution in [-0.2, 0) is 47.5 Å². The number of carbonyl (C=O) groups is 3. The SMILES string of the molecule is CCC1OC(=O)CC(O)C(C)C(OC2OC(C)C(O)C(N(C)C)C2O)C(CC=O)CC(C)C(=O)C=CC(C)=CC1OCC1OC(C)C(O)C(OC)C1OC. The van der Waals surface area contributed by atoms with Crippen LogP contribution >= 0.6 is 0 Å². The standard InChI is InChI=1S/C39H65NO14/c1-11-28-29(50-19-30-37(48-9)38(49-10)34(46)24(6)51-30)16-20(2)12-13-26(42)21(3)17-25(14-15-41)36(22(4)27(43)18-31(44)53-28)54-39-35(47)32(40(7)8)33(45)23(5)52-39/h12-13,15-16,21-25,27-30,32-39,43,45-47H,11,14,17-19H2,1-10H3. The second-order valence-electron chi connectivity index (χ2n) is 15.3. The molecule has 4 N–H and O–H groups in total. The summed E-state index contributed by atoms with van der Waals surface area (Å²) in [7, 11) is 6.40. The number of hydrogen-bond acceptors (Lipinski definition) is 15. The molecule has 0 saturated carbocycles. The first-order valence-electron chi connectivity index (χ1n) is 19.0. The van der Waals surface area contributed by atoms with Gasteiger partial charge in [0, 0.05) is 32.5 Å². The first kappa shape index (κ1) is 46.2. The molecule has 54 heavy (non-hydrogen) atoms. The van der Waals surface area contributed by atoms with Gasteiger partial charge in [-0.2, -0.15) is 0 Å². The zero-order chi connectivity index (χ0) is 40.4. The summed E-state index contributed by atoms with van der Waals surface area (Å²) in [5, 5.41) is 44.2. The number of ketones is 1. The number of allylic oxidation sites excluding steroid dienone is 3. The molecule has 0 aromatic heterocycles. The van der Waals surface area contributed by atoms with E-state index < -0.39 is 116 Å². The number of aliphatic hydroxyl groups is 4. The van der Waals surface area contributed by atoms with Gasteiger partial charge in [0.25, 0.3) is 0 Å². The number of cyclic esters (lactones) is 1. The molecule has 3 aliphatic heterocycles. The van der Waals surface area contributed by atoms with Crippen LogP contribution in [0.4, 0.5) is 0 Å². The highest BCUT2D eigenvalue weighted by atomic mass is 16.7. The molecule has 0 aliphatic carbocycles. The van der Waals surface area contributed by atoms with Crippen LogP contribution in [0.1, 0.15) is 67.2 Å². The molecule has 0 aromatic rings. The van der Waals surface area contributed by atoms with E-state index in [9.17, 15) is 34.8 Å². The van der Waals surface area contributed by atoms with E-state index in [2.05, 4.69) is 0 Å². The summed E-state index contributed by atoms with van der Waals surface area (Å²) < 4.78 is 41.9. The summed E-state index contributed by atoms with van der Waals surface area (Å²) >= 11 is 0. The molecule has 0 spiro atoms. The van der Waals surface area contributed by atoms with Crippen molar-refractivity contribution in [3.05, 3.63) is 23.8 Å². The number of hydrogen-bond donors (Lipinski definition) is 4. The molecule has 0 aromatic carbocycles. The van der Waals surface area contributed by atoms with Crippen LogP contribution < -0.4 is 0 Å². The second-order valence-corrected chi connectivity index (χ2v) is 15.3. The van der Waals surface area contributed by atoms with Gasteiger partial charge in [0.1, 0.15) is 49.0 Å². The van der Waals surface area contributed by atoms with E-state index in [1.165, 1.54) is 20.3 Å². The fourth-order valence-corrected chi connectivity index (χ4v) is 7.75. The van der Waals surface area contributed by atoms with Gasteiger partial charge in [0.05, 0.1) is 49.6 Å². The zero-order valence-corrected chi connectivity index (χ0v) is 33.5. The first-order chi connectivity index (χ1) is 25.5. The van der Waals surface area contributed by atoms with Gasteiger partial charge in [-0.1, -0.05) is 32.4 Å². The summed E-state index contributed by atoms with van der Waals surface area (Å²) in [6.45, 7) is 10.4. The predicted octanol–water partition coefficient (Wildman–Crippen LogP) is 1.36. The Bertz CT molecular complexity index is 1260. The van der Waals surface area contributed by atoms with E-state index in [0.29, 0.717) is 12.0 Å². The molecular formula is C39H65NO14. The Morgan fingerprint density at radius 2 is 1.54 bits per heavy atom. The number of aldehydes is 1. The van der Waals surface area contributed by atoms with Crippen molar-refractivity contribution in [1.82, 2.24) is 4.90 Å².